The Morgan fingerprint density at radius 3 is 2.37 bits per heavy atom. The Hall–Kier alpha value is -1.80. The van der Waals surface area contributed by atoms with Crippen LogP contribution in [0.2, 0.25) is 0 Å². The molecule has 0 amide bonds. The Morgan fingerprint density at radius 2 is 1.68 bits per heavy atom. The van der Waals surface area contributed by atoms with E-state index in [1.807, 2.05) is 19.2 Å². The first kappa shape index (κ1) is 13.6. The van der Waals surface area contributed by atoms with E-state index in [2.05, 4.69) is 47.8 Å². The molecular weight excluding hydrogens is 234 g/mol. The van der Waals surface area contributed by atoms with Gasteiger partial charge in [-0.25, -0.2) is 0 Å². The highest BCUT2D eigenvalue weighted by Gasteiger charge is 2.10. The zero-order chi connectivity index (χ0) is 13.5. The minimum Gasteiger partial charge on any atom is -0.496 e. The van der Waals surface area contributed by atoms with Crippen molar-refractivity contribution in [1.82, 2.24) is 5.32 Å². The van der Waals surface area contributed by atoms with Crippen LogP contribution in [0, 0.1) is 0 Å². The lowest BCUT2D eigenvalue weighted by Gasteiger charge is -2.17. The van der Waals surface area contributed by atoms with Gasteiger partial charge in [0.15, 0.2) is 0 Å². The van der Waals surface area contributed by atoms with E-state index in [4.69, 9.17) is 4.74 Å². The van der Waals surface area contributed by atoms with Crippen LogP contribution < -0.4 is 10.1 Å². The van der Waals surface area contributed by atoms with Crippen molar-refractivity contribution < 1.29 is 4.74 Å². The predicted molar refractivity (Wildman–Crippen MR) is 79.6 cm³/mol. The second-order valence-electron chi connectivity index (χ2n) is 4.60. The number of methoxy groups -OCH3 is 1. The van der Waals surface area contributed by atoms with Gasteiger partial charge in [0.2, 0.25) is 0 Å². The maximum absolute atomic E-state index is 5.40. The van der Waals surface area contributed by atoms with Crippen LogP contribution in [0.5, 0.6) is 5.75 Å². The van der Waals surface area contributed by atoms with Gasteiger partial charge in [0.1, 0.15) is 5.75 Å². The SMILES string of the molecule is CNC(CCc1ccccc1OC)c1ccccc1. The first-order valence-electron chi connectivity index (χ1n) is 6.69. The summed E-state index contributed by atoms with van der Waals surface area (Å²) in [4.78, 5) is 0. The summed E-state index contributed by atoms with van der Waals surface area (Å²) in [5, 5.41) is 3.39. The number of para-hydroxylation sites is 1. The molecule has 2 rings (SSSR count). The fraction of sp³-hybridized carbons (Fsp3) is 0.294. The summed E-state index contributed by atoms with van der Waals surface area (Å²) in [6.45, 7) is 0. The van der Waals surface area contributed by atoms with E-state index in [1.165, 1.54) is 11.1 Å². The third-order valence-electron chi connectivity index (χ3n) is 3.45. The molecule has 0 radical (unpaired) electrons. The van der Waals surface area contributed by atoms with Crippen LogP contribution in [0.4, 0.5) is 0 Å². The van der Waals surface area contributed by atoms with E-state index in [-0.39, 0.29) is 0 Å². The molecule has 0 aliphatic carbocycles. The Bertz CT molecular complexity index is 496. The second-order valence-corrected chi connectivity index (χ2v) is 4.60. The fourth-order valence-electron chi connectivity index (χ4n) is 2.37. The third-order valence-corrected chi connectivity index (χ3v) is 3.45. The summed E-state index contributed by atoms with van der Waals surface area (Å²) >= 11 is 0. The van der Waals surface area contributed by atoms with Crippen LogP contribution in [0.1, 0.15) is 23.6 Å². The monoisotopic (exact) mass is 255 g/mol. The Labute approximate surface area is 115 Å². The Kier molecular flexibility index (Phi) is 4.99. The standard InChI is InChI=1S/C17H21NO/c1-18-16(14-8-4-3-5-9-14)13-12-15-10-6-7-11-17(15)19-2/h3-11,16,18H,12-13H2,1-2H3. The normalized spacial score (nSPS) is 12.1. The van der Waals surface area contributed by atoms with Gasteiger partial charge in [-0.1, -0.05) is 48.5 Å². The molecule has 0 aliphatic heterocycles. The van der Waals surface area contributed by atoms with Gasteiger partial charge in [0.05, 0.1) is 7.11 Å². The summed E-state index contributed by atoms with van der Waals surface area (Å²) in [5.41, 5.74) is 2.60. The highest BCUT2D eigenvalue weighted by Crippen LogP contribution is 2.23. The molecule has 0 saturated carbocycles. The Morgan fingerprint density at radius 1 is 1.00 bits per heavy atom. The summed E-state index contributed by atoms with van der Waals surface area (Å²) < 4.78 is 5.40. The van der Waals surface area contributed by atoms with Crippen molar-refractivity contribution in [3.63, 3.8) is 0 Å². The predicted octanol–water partition coefficient (Wildman–Crippen LogP) is 3.59. The Balaban J connectivity index is 2.04. The molecule has 0 heterocycles. The number of aryl methyl sites for hydroxylation is 1. The van der Waals surface area contributed by atoms with Gasteiger partial charge in [0, 0.05) is 6.04 Å². The minimum absolute atomic E-state index is 0.381. The molecular formula is C17H21NO. The topological polar surface area (TPSA) is 21.3 Å². The quantitative estimate of drug-likeness (QED) is 0.851. The summed E-state index contributed by atoms with van der Waals surface area (Å²) in [6.07, 6.45) is 2.06. The van der Waals surface area contributed by atoms with Crippen LogP contribution in [0.15, 0.2) is 54.6 Å². The van der Waals surface area contributed by atoms with Gasteiger partial charge in [0.25, 0.3) is 0 Å². The number of benzene rings is 2. The molecule has 1 unspecified atom stereocenters. The first-order valence-corrected chi connectivity index (χ1v) is 6.69. The molecule has 0 saturated heterocycles. The number of hydrogen-bond acceptors (Lipinski definition) is 2. The molecule has 0 bridgehead atoms. The van der Waals surface area contributed by atoms with E-state index >= 15 is 0 Å². The van der Waals surface area contributed by atoms with Crippen molar-refractivity contribution in [2.45, 2.75) is 18.9 Å². The van der Waals surface area contributed by atoms with Gasteiger partial charge in [-0.05, 0) is 37.1 Å². The van der Waals surface area contributed by atoms with Crippen LogP contribution in [-0.4, -0.2) is 14.2 Å². The molecule has 19 heavy (non-hydrogen) atoms. The number of hydrogen-bond donors (Lipinski definition) is 1. The molecule has 1 atom stereocenters. The number of nitrogens with one attached hydrogen (secondary N) is 1. The highest BCUT2D eigenvalue weighted by atomic mass is 16.5. The highest BCUT2D eigenvalue weighted by molar-refractivity contribution is 5.33. The van der Waals surface area contributed by atoms with E-state index in [9.17, 15) is 0 Å². The van der Waals surface area contributed by atoms with Gasteiger partial charge in [-0.2, -0.15) is 0 Å². The second kappa shape index (κ2) is 6.95. The molecule has 2 nitrogen and oxygen atoms in total. The van der Waals surface area contributed by atoms with E-state index in [0.717, 1.165) is 18.6 Å². The molecule has 1 N–H and O–H groups in total. The van der Waals surface area contributed by atoms with Crippen molar-refractivity contribution in [2.24, 2.45) is 0 Å². The number of rotatable bonds is 6. The van der Waals surface area contributed by atoms with Gasteiger partial charge < -0.3 is 10.1 Å². The maximum atomic E-state index is 5.40. The molecule has 2 aromatic carbocycles. The van der Waals surface area contributed by atoms with Crippen LogP contribution >= 0.6 is 0 Å². The van der Waals surface area contributed by atoms with E-state index < -0.39 is 0 Å². The fourth-order valence-corrected chi connectivity index (χ4v) is 2.37. The maximum Gasteiger partial charge on any atom is 0.122 e. The third kappa shape index (κ3) is 3.58. The van der Waals surface area contributed by atoms with Gasteiger partial charge in [-0.3, -0.25) is 0 Å². The van der Waals surface area contributed by atoms with Crippen LogP contribution in [-0.2, 0) is 6.42 Å². The number of ether oxygens (including phenoxy) is 1. The molecule has 0 fully saturated rings. The zero-order valence-corrected chi connectivity index (χ0v) is 11.6. The van der Waals surface area contributed by atoms with Crippen molar-refractivity contribution in [3.8, 4) is 5.75 Å². The van der Waals surface area contributed by atoms with Crippen molar-refractivity contribution >= 4 is 0 Å². The molecule has 100 valence electrons. The van der Waals surface area contributed by atoms with E-state index in [0.29, 0.717) is 6.04 Å². The lowest BCUT2D eigenvalue weighted by molar-refractivity contribution is 0.407. The minimum atomic E-state index is 0.381. The van der Waals surface area contributed by atoms with Crippen LogP contribution in [0.25, 0.3) is 0 Å². The molecule has 0 spiro atoms. The smallest absolute Gasteiger partial charge is 0.122 e. The summed E-state index contributed by atoms with van der Waals surface area (Å²) in [5.74, 6) is 0.977. The largest absolute Gasteiger partial charge is 0.496 e. The molecule has 2 aromatic rings. The van der Waals surface area contributed by atoms with E-state index in [1.54, 1.807) is 7.11 Å². The lowest BCUT2D eigenvalue weighted by Crippen LogP contribution is -2.17. The first-order chi connectivity index (χ1) is 9.35. The lowest BCUT2D eigenvalue weighted by atomic mass is 9.99. The van der Waals surface area contributed by atoms with Crippen molar-refractivity contribution in [3.05, 3.63) is 65.7 Å². The summed E-state index contributed by atoms with van der Waals surface area (Å²) in [7, 11) is 3.74. The summed E-state index contributed by atoms with van der Waals surface area (Å²) in [6, 6.07) is 19.2. The molecule has 0 aliphatic rings. The van der Waals surface area contributed by atoms with Gasteiger partial charge in [-0.15, -0.1) is 0 Å². The zero-order valence-electron chi connectivity index (χ0n) is 11.6. The van der Waals surface area contributed by atoms with Gasteiger partial charge >= 0.3 is 0 Å². The average Bonchev–Trinajstić information content (AvgIpc) is 2.49. The molecule has 0 aromatic heterocycles. The average molecular weight is 255 g/mol. The van der Waals surface area contributed by atoms with Crippen molar-refractivity contribution in [2.75, 3.05) is 14.2 Å². The van der Waals surface area contributed by atoms with Crippen molar-refractivity contribution in [1.29, 1.82) is 0 Å². The molecule has 2 heteroatoms. The van der Waals surface area contributed by atoms with Crippen LogP contribution in [0.3, 0.4) is 0 Å².